The summed E-state index contributed by atoms with van der Waals surface area (Å²) in [4.78, 5) is 23.8. The zero-order valence-corrected chi connectivity index (χ0v) is 12.5. The van der Waals surface area contributed by atoms with E-state index in [4.69, 9.17) is 0 Å². The number of nitrogens with zero attached hydrogens (tertiary/aromatic N) is 2. The van der Waals surface area contributed by atoms with Crippen LogP contribution in [0.1, 0.15) is 30.0 Å². The Kier molecular flexibility index (Phi) is 4.13. The summed E-state index contributed by atoms with van der Waals surface area (Å²) in [5, 5.41) is 6.31. The molecule has 1 aromatic carbocycles. The molecular formula is C16H14F3N3O2. The third kappa shape index (κ3) is 3.64. The molecule has 1 amide bonds. The highest BCUT2D eigenvalue weighted by Crippen LogP contribution is 2.38. The minimum absolute atomic E-state index is 0.297. The number of halogens is 3. The predicted molar refractivity (Wildman–Crippen MR) is 80.5 cm³/mol. The Morgan fingerprint density at radius 1 is 1.21 bits per heavy atom. The predicted octanol–water partition coefficient (Wildman–Crippen LogP) is 2.78. The molecule has 5 nitrogen and oxygen atoms in total. The van der Waals surface area contributed by atoms with Gasteiger partial charge in [-0.1, -0.05) is 12.1 Å². The standard InChI is InChI=1S/C16H14F3N3O2/c17-16(18,19)11-3-1-2-4-13(11)20-14(23)9-22-15(24)8-7-12(21-22)10-5-6-10/h1-4,7-8,10H,5-6,9H2,(H,20,23). The van der Waals surface area contributed by atoms with E-state index >= 15 is 0 Å². The minimum Gasteiger partial charge on any atom is -0.324 e. The van der Waals surface area contributed by atoms with Crippen molar-refractivity contribution < 1.29 is 18.0 Å². The van der Waals surface area contributed by atoms with E-state index in [-0.39, 0.29) is 5.69 Å². The number of carbonyl (C=O) groups is 1. The summed E-state index contributed by atoms with van der Waals surface area (Å²) in [5.74, 6) is -0.444. The van der Waals surface area contributed by atoms with Crippen molar-refractivity contribution in [1.82, 2.24) is 9.78 Å². The molecule has 3 rings (SSSR count). The molecule has 24 heavy (non-hydrogen) atoms. The summed E-state index contributed by atoms with van der Waals surface area (Å²) in [5.41, 5.74) is -1.04. The Bertz CT molecular complexity index is 826. The van der Waals surface area contributed by atoms with Gasteiger partial charge in [0.2, 0.25) is 5.91 Å². The maximum absolute atomic E-state index is 12.9. The summed E-state index contributed by atoms with van der Waals surface area (Å²) in [6.45, 7) is -0.439. The lowest BCUT2D eigenvalue weighted by Gasteiger charge is -2.13. The molecular weight excluding hydrogens is 323 g/mol. The van der Waals surface area contributed by atoms with E-state index in [1.165, 1.54) is 18.2 Å². The number of carbonyl (C=O) groups excluding carboxylic acids is 1. The zero-order valence-electron chi connectivity index (χ0n) is 12.5. The molecule has 1 fully saturated rings. The van der Waals surface area contributed by atoms with Crippen molar-refractivity contribution in [3.63, 3.8) is 0 Å². The van der Waals surface area contributed by atoms with Gasteiger partial charge in [-0.25, -0.2) is 4.68 Å². The lowest BCUT2D eigenvalue weighted by Crippen LogP contribution is -2.30. The molecule has 1 aromatic heterocycles. The van der Waals surface area contributed by atoms with Crippen molar-refractivity contribution in [3.8, 4) is 0 Å². The van der Waals surface area contributed by atoms with Gasteiger partial charge in [-0.05, 0) is 31.0 Å². The summed E-state index contributed by atoms with van der Waals surface area (Å²) >= 11 is 0. The minimum atomic E-state index is -4.58. The fourth-order valence-corrected chi connectivity index (χ4v) is 2.34. The molecule has 0 unspecified atom stereocenters. The smallest absolute Gasteiger partial charge is 0.324 e. The summed E-state index contributed by atoms with van der Waals surface area (Å²) in [7, 11) is 0. The van der Waals surface area contributed by atoms with Crippen molar-refractivity contribution in [2.45, 2.75) is 31.5 Å². The largest absolute Gasteiger partial charge is 0.418 e. The van der Waals surface area contributed by atoms with Crippen LogP contribution in [0.2, 0.25) is 0 Å². The van der Waals surface area contributed by atoms with Crippen LogP contribution in [-0.4, -0.2) is 15.7 Å². The Morgan fingerprint density at radius 2 is 1.92 bits per heavy atom. The van der Waals surface area contributed by atoms with Crippen LogP contribution in [0, 0.1) is 0 Å². The molecule has 0 radical (unpaired) electrons. The van der Waals surface area contributed by atoms with Crippen LogP contribution in [0.25, 0.3) is 0 Å². The Morgan fingerprint density at radius 3 is 2.58 bits per heavy atom. The van der Waals surface area contributed by atoms with Crippen LogP contribution in [-0.2, 0) is 17.5 Å². The summed E-state index contributed by atoms with van der Waals surface area (Å²) in [6.07, 6.45) is -2.61. The molecule has 0 spiro atoms. The highest BCUT2D eigenvalue weighted by atomic mass is 19.4. The number of aromatic nitrogens is 2. The van der Waals surface area contributed by atoms with E-state index in [0.29, 0.717) is 5.92 Å². The normalized spacial score (nSPS) is 14.5. The second-order valence-electron chi connectivity index (χ2n) is 5.62. The van der Waals surface area contributed by atoms with Crippen molar-refractivity contribution >= 4 is 11.6 Å². The fraction of sp³-hybridized carbons (Fsp3) is 0.312. The number of nitrogens with one attached hydrogen (secondary N) is 1. The average molecular weight is 337 g/mol. The first-order valence-electron chi connectivity index (χ1n) is 7.39. The highest BCUT2D eigenvalue weighted by molar-refractivity contribution is 5.91. The molecule has 0 bridgehead atoms. The number of rotatable bonds is 4. The van der Waals surface area contributed by atoms with Crippen LogP contribution >= 0.6 is 0 Å². The fourth-order valence-electron chi connectivity index (χ4n) is 2.34. The van der Waals surface area contributed by atoms with Crippen molar-refractivity contribution in [1.29, 1.82) is 0 Å². The number of amides is 1. The monoisotopic (exact) mass is 337 g/mol. The molecule has 126 valence electrons. The second-order valence-corrected chi connectivity index (χ2v) is 5.62. The molecule has 1 aliphatic rings. The molecule has 0 saturated heterocycles. The van der Waals surface area contributed by atoms with Gasteiger partial charge in [0.25, 0.3) is 5.56 Å². The number of benzene rings is 1. The molecule has 0 atom stereocenters. The quantitative estimate of drug-likeness (QED) is 0.933. The van der Waals surface area contributed by atoms with Crippen LogP contribution in [0.3, 0.4) is 0 Å². The van der Waals surface area contributed by atoms with Gasteiger partial charge in [0.05, 0.1) is 16.9 Å². The van der Waals surface area contributed by atoms with Gasteiger partial charge >= 0.3 is 6.18 Å². The highest BCUT2D eigenvalue weighted by Gasteiger charge is 2.33. The van der Waals surface area contributed by atoms with Crippen molar-refractivity contribution in [3.05, 3.63) is 58.0 Å². The number of hydrogen-bond donors (Lipinski definition) is 1. The number of alkyl halides is 3. The third-order valence-electron chi connectivity index (χ3n) is 3.68. The zero-order chi connectivity index (χ0) is 17.3. The van der Waals surface area contributed by atoms with Gasteiger partial charge in [-0.2, -0.15) is 18.3 Å². The van der Waals surface area contributed by atoms with Gasteiger partial charge in [0.15, 0.2) is 0 Å². The van der Waals surface area contributed by atoms with Crippen molar-refractivity contribution in [2.75, 3.05) is 5.32 Å². The van der Waals surface area contributed by atoms with Crippen LogP contribution in [0.4, 0.5) is 18.9 Å². The van der Waals surface area contributed by atoms with Gasteiger partial charge in [-0.15, -0.1) is 0 Å². The van der Waals surface area contributed by atoms with E-state index in [1.54, 1.807) is 6.07 Å². The SMILES string of the molecule is O=C(Cn1nc(C2CC2)ccc1=O)Nc1ccccc1C(F)(F)F. The van der Waals surface area contributed by atoms with Crippen LogP contribution < -0.4 is 10.9 Å². The van der Waals surface area contributed by atoms with Crippen LogP contribution in [0.5, 0.6) is 0 Å². The molecule has 1 saturated carbocycles. The molecule has 8 heteroatoms. The van der Waals surface area contributed by atoms with E-state index in [1.807, 2.05) is 0 Å². The van der Waals surface area contributed by atoms with Gasteiger partial charge < -0.3 is 5.32 Å². The van der Waals surface area contributed by atoms with E-state index in [2.05, 4.69) is 10.4 Å². The van der Waals surface area contributed by atoms with Gasteiger partial charge in [-0.3, -0.25) is 9.59 Å². The summed E-state index contributed by atoms with van der Waals surface area (Å²) < 4.78 is 39.7. The Labute approximate surface area is 135 Å². The molecule has 1 N–H and O–H groups in total. The first-order valence-corrected chi connectivity index (χ1v) is 7.39. The molecule has 0 aliphatic heterocycles. The lowest BCUT2D eigenvalue weighted by molar-refractivity contribution is -0.137. The lowest BCUT2D eigenvalue weighted by atomic mass is 10.1. The van der Waals surface area contributed by atoms with E-state index < -0.39 is 29.8 Å². The van der Waals surface area contributed by atoms with Crippen molar-refractivity contribution in [2.24, 2.45) is 0 Å². The number of hydrogen-bond acceptors (Lipinski definition) is 3. The number of para-hydroxylation sites is 1. The van der Waals surface area contributed by atoms with E-state index in [0.717, 1.165) is 35.4 Å². The van der Waals surface area contributed by atoms with Crippen LogP contribution in [0.15, 0.2) is 41.2 Å². The topological polar surface area (TPSA) is 64.0 Å². The maximum atomic E-state index is 12.9. The molecule has 1 aliphatic carbocycles. The molecule has 2 aromatic rings. The average Bonchev–Trinajstić information content (AvgIpc) is 3.33. The Balaban J connectivity index is 1.77. The second kappa shape index (κ2) is 6.10. The van der Waals surface area contributed by atoms with Gasteiger partial charge in [0, 0.05) is 12.0 Å². The first-order chi connectivity index (χ1) is 11.3. The first kappa shape index (κ1) is 16.2. The summed E-state index contributed by atoms with van der Waals surface area (Å²) in [6, 6.07) is 7.61. The van der Waals surface area contributed by atoms with E-state index in [9.17, 15) is 22.8 Å². The molecule has 1 heterocycles. The number of anilines is 1. The Hall–Kier alpha value is -2.64. The third-order valence-corrected chi connectivity index (χ3v) is 3.68. The maximum Gasteiger partial charge on any atom is 0.418 e. The van der Waals surface area contributed by atoms with Gasteiger partial charge in [0.1, 0.15) is 6.54 Å².